The lowest BCUT2D eigenvalue weighted by Gasteiger charge is -2.42. The van der Waals surface area contributed by atoms with Crippen molar-refractivity contribution in [1.82, 2.24) is 29.0 Å². The van der Waals surface area contributed by atoms with Gasteiger partial charge in [-0.1, -0.05) is 6.07 Å². The van der Waals surface area contributed by atoms with Crippen molar-refractivity contribution >= 4 is 22.5 Å². The molecule has 0 unspecified atom stereocenters. The number of hydrogen-bond donors (Lipinski definition) is 1. The Balaban J connectivity index is 1.28. The summed E-state index contributed by atoms with van der Waals surface area (Å²) in [5, 5.41) is 7.70. The first kappa shape index (κ1) is 23.0. The summed E-state index contributed by atoms with van der Waals surface area (Å²) < 4.78 is 54.8. The van der Waals surface area contributed by atoms with Gasteiger partial charge in [0.05, 0.1) is 56.3 Å². The quantitative estimate of drug-likeness (QED) is 0.416. The van der Waals surface area contributed by atoms with E-state index in [1.165, 1.54) is 18.0 Å². The van der Waals surface area contributed by atoms with Gasteiger partial charge in [0.1, 0.15) is 11.7 Å². The molecule has 190 valence electrons. The molecule has 2 atom stereocenters. The fourth-order valence-electron chi connectivity index (χ4n) is 4.97. The van der Waals surface area contributed by atoms with Crippen molar-refractivity contribution in [3.8, 4) is 17.0 Å². The molecule has 0 aliphatic carbocycles. The van der Waals surface area contributed by atoms with Gasteiger partial charge < -0.3 is 19.4 Å². The molecule has 36 heavy (non-hydrogen) atoms. The molecule has 3 aromatic heterocycles. The largest absolute Gasteiger partial charge is 0.479 e. The third-order valence-electron chi connectivity index (χ3n) is 6.96. The summed E-state index contributed by atoms with van der Waals surface area (Å²) in [5.41, 5.74) is 3.44. The molecule has 2 saturated heterocycles. The number of nitrogens with zero attached hydrogens (tertiary/aromatic N) is 6. The second-order valence-electron chi connectivity index (χ2n) is 9.20. The fraction of sp³-hybridized carbons (Fsp3) is 0.458. The van der Waals surface area contributed by atoms with E-state index in [0.29, 0.717) is 54.7 Å². The number of anilines is 1. The van der Waals surface area contributed by atoms with Crippen molar-refractivity contribution < 1.29 is 22.6 Å². The predicted molar refractivity (Wildman–Crippen MR) is 127 cm³/mol. The van der Waals surface area contributed by atoms with Gasteiger partial charge in [0.2, 0.25) is 11.8 Å². The van der Waals surface area contributed by atoms with Gasteiger partial charge >= 0.3 is 0 Å². The number of ether oxygens (including phenoxy) is 2. The van der Waals surface area contributed by atoms with Crippen LogP contribution in [0.4, 0.5) is 19.1 Å². The third kappa shape index (κ3) is 4.13. The van der Waals surface area contributed by atoms with E-state index >= 15 is 0 Å². The number of rotatable bonds is 7. The highest BCUT2D eigenvalue weighted by atomic mass is 19.3. The Hall–Kier alpha value is -3.38. The Kier molecular flexibility index (Phi) is 5.92. The molecule has 0 saturated carbocycles. The van der Waals surface area contributed by atoms with E-state index in [4.69, 9.17) is 9.47 Å². The SMILES string of the molecule is COc1nc(N[C@H]2CCN(C3COC3)C[C@@H]2F)nn2ccc(-c3ccc4ncn(CC(F)F)c4c3)c12. The molecule has 2 fully saturated rings. The van der Waals surface area contributed by atoms with E-state index in [9.17, 15) is 13.2 Å². The summed E-state index contributed by atoms with van der Waals surface area (Å²) in [6, 6.07) is 7.25. The van der Waals surface area contributed by atoms with Gasteiger partial charge in [-0.15, -0.1) is 5.10 Å². The Bertz CT molecular complexity index is 1390. The summed E-state index contributed by atoms with van der Waals surface area (Å²) in [6.45, 7) is 2.03. The number of fused-ring (bicyclic) bond motifs is 2. The number of alkyl halides is 3. The van der Waals surface area contributed by atoms with E-state index in [1.807, 2.05) is 18.2 Å². The maximum atomic E-state index is 14.9. The van der Waals surface area contributed by atoms with E-state index in [1.54, 1.807) is 16.8 Å². The van der Waals surface area contributed by atoms with Crippen LogP contribution in [-0.2, 0) is 11.3 Å². The van der Waals surface area contributed by atoms with E-state index < -0.39 is 25.2 Å². The van der Waals surface area contributed by atoms with E-state index in [0.717, 1.165) is 17.7 Å². The Morgan fingerprint density at radius 3 is 2.83 bits per heavy atom. The standard InChI is InChI=1S/C24H26F3N7O2/c1-35-23-22-16(14-2-3-19-20(8-14)33(13-28-19)10-21(26)27)4-7-34(22)31-24(30-23)29-18-5-6-32(9-17(18)25)15-11-36-12-15/h2-4,7-8,13,15,17-18,21H,5-6,9-12H2,1H3,(H,29,31)/t17-,18-/m0/s1. The first-order valence-electron chi connectivity index (χ1n) is 11.9. The second kappa shape index (κ2) is 9.25. The number of methoxy groups -OCH3 is 1. The highest BCUT2D eigenvalue weighted by Gasteiger charge is 2.35. The van der Waals surface area contributed by atoms with E-state index in [2.05, 4.69) is 25.3 Å². The maximum absolute atomic E-state index is 14.9. The molecule has 12 heteroatoms. The zero-order valence-corrected chi connectivity index (χ0v) is 19.6. The number of aromatic nitrogens is 5. The molecule has 4 aromatic rings. The van der Waals surface area contributed by atoms with Crippen LogP contribution < -0.4 is 10.1 Å². The van der Waals surface area contributed by atoms with Crippen LogP contribution >= 0.6 is 0 Å². The molecule has 1 aromatic carbocycles. The number of nitrogens with one attached hydrogen (secondary N) is 1. The lowest BCUT2D eigenvalue weighted by atomic mass is 10.0. The lowest BCUT2D eigenvalue weighted by Crippen LogP contribution is -2.57. The monoisotopic (exact) mass is 501 g/mol. The second-order valence-corrected chi connectivity index (χ2v) is 9.20. The molecule has 5 heterocycles. The predicted octanol–water partition coefficient (Wildman–Crippen LogP) is 3.24. The minimum absolute atomic E-state index is 0.278. The van der Waals surface area contributed by atoms with Crippen molar-refractivity contribution in [2.24, 2.45) is 0 Å². The average molecular weight is 502 g/mol. The van der Waals surface area contributed by atoms with Crippen LogP contribution in [0.25, 0.3) is 27.7 Å². The minimum Gasteiger partial charge on any atom is -0.479 e. The number of likely N-dealkylation sites (tertiary alicyclic amines) is 1. The molecule has 6 rings (SSSR count). The summed E-state index contributed by atoms with van der Waals surface area (Å²) in [5.74, 6) is 0.605. The molecule has 0 amide bonds. The molecular weight excluding hydrogens is 475 g/mol. The Morgan fingerprint density at radius 2 is 2.11 bits per heavy atom. The highest BCUT2D eigenvalue weighted by molar-refractivity contribution is 5.89. The Labute approximate surface area is 204 Å². The summed E-state index contributed by atoms with van der Waals surface area (Å²) in [4.78, 5) is 10.9. The zero-order valence-electron chi connectivity index (χ0n) is 19.6. The Morgan fingerprint density at radius 1 is 1.25 bits per heavy atom. The summed E-state index contributed by atoms with van der Waals surface area (Å²) >= 11 is 0. The minimum atomic E-state index is -2.48. The smallest absolute Gasteiger partial charge is 0.256 e. The maximum Gasteiger partial charge on any atom is 0.256 e. The van der Waals surface area contributed by atoms with Crippen LogP contribution in [0.5, 0.6) is 5.88 Å². The van der Waals surface area contributed by atoms with Crippen molar-refractivity contribution in [3.63, 3.8) is 0 Å². The highest BCUT2D eigenvalue weighted by Crippen LogP contribution is 2.33. The average Bonchev–Trinajstić information content (AvgIpc) is 3.43. The van der Waals surface area contributed by atoms with Gasteiger partial charge in [-0.05, 0) is 30.2 Å². The first-order chi connectivity index (χ1) is 17.5. The van der Waals surface area contributed by atoms with Crippen molar-refractivity contribution in [2.45, 2.75) is 37.6 Å². The van der Waals surface area contributed by atoms with Gasteiger partial charge in [0.15, 0.2) is 0 Å². The molecule has 0 bridgehead atoms. The van der Waals surface area contributed by atoms with Crippen LogP contribution in [0.3, 0.4) is 0 Å². The van der Waals surface area contributed by atoms with Gasteiger partial charge in [-0.25, -0.2) is 22.7 Å². The number of piperidine rings is 1. The fourth-order valence-corrected chi connectivity index (χ4v) is 4.97. The molecule has 1 N–H and O–H groups in total. The molecule has 2 aliphatic heterocycles. The third-order valence-corrected chi connectivity index (χ3v) is 6.96. The van der Waals surface area contributed by atoms with Gasteiger partial charge in [0.25, 0.3) is 6.43 Å². The molecular formula is C24H26F3N7O2. The van der Waals surface area contributed by atoms with Gasteiger partial charge in [-0.3, -0.25) is 4.90 Å². The number of imidazole rings is 1. The van der Waals surface area contributed by atoms with Crippen molar-refractivity contribution in [1.29, 1.82) is 0 Å². The zero-order chi connectivity index (χ0) is 24.8. The van der Waals surface area contributed by atoms with Crippen LogP contribution in [0.2, 0.25) is 0 Å². The van der Waals surface area contributed by atoms with Crippen LogP contribution in [0, 0.1) is 0 Å². The molecule has 0 spiro atoms. The first-order valence-corrected chi connectivity index (χ1v) is 11.9. The van der Waals surface area contributed by atoms with Crippen LogP contribution in [0.15, 0.2) is 36.8 Å². The number of halogens is 3. The molecule has 2 aliphatic rings. The lowest BCUT2D eigenvalue weighted by molar-refractivity contribution is -0.0794. The van der Waals surface area contributed by atoms with E-state index in [-0.39, 0.29) is 5.95 Å². The van der Waals surface area contributed by atoms with Crippen LogP contribution in [-0.4, -0.2) is 87.1 Å². The number of benzene rings is 1. The number of hydrogen-bond acceptors (Lipinski definition) is 7. The normalized spacial score (nSPS) is 21.4. The van der Waals surface area contributed by atoms with Crippen molar-refractivity contribution in [3.05, 3.63) is 36.8 Å². The summed E-state index contributed by atoms with van der Waals surface area (Å²) in [6.07, 6.45) is 0.277. The molecule has 9 nitrogen and oxygen atoms in total. The molecule has 0 radical (unpaired) electrons. The van der Waals surface area contributed by atoms with Gasteiger partial charge in [0, 0.05) is 24.8 Å². The van der Waals surface area contributed by atoms with Gasteiger partial charge in [-0.2, -0.15) is 4.98 Å². The summed E-state index contributed by atoms with van der Waals surface area (Å²) in [7, 11) is 1.51. The van der Waals surface area contributed by atoms with Crippen LogP contribution in [0.1, 0.15) is 6.42 Å². The van der Waals surface area contributed by atoms with Crippen molar-refractivity contribution in [2.75, 3.05) is 38.7 Å². The topological polar surface area (TPSA) is 81.7 Å².